The van der Waals surface area contributed by atoms with Crippen molar-refractivity contribution in [2.45, 2.75) is 6.54 Å². The lowest BCUT2D eigenvalue weighted by Gasteiger charge is -2.03. The Kier molecular flexibility index (Phi) is 2.87. The van der Waals surface area contributed by atoms with Crippen LogP contribution in [-0.4, -0.2) is 15.0 Å². The Morgan fingerprint density at radius 3 is 3.00 bits per heavy atom. The van der Waals surface area contributed by atoms with Gasteiger partial charge in [0.05, 0.1) is 6.54 Å². The fourth-order valence-electron chi connectivity index (χ4n) is 1.27. The van der Waals surface area contributed by atoms with E-state index in [1.165, 1.54) is 0 Å². The van der Waals surface area contributed by atoms with Gasteiger partial charge in [0, 0.05) is 24.0 Å². The summed E-state index contributed by atoms with van der Waals surface area (Å²) in [5.41, 5.74) is 1.88. The summed E-state index contributed by atoms with van der Waals surface area (Å²) in [7, 11) is 1.84. The van der Waals surface area contributed by atoms with Crippen LogP contribution in [0.25, 0.3) is 0 Å². The molecule has 2 aromatic rings. The molecule has 0 amide bonds. The average molecular weight is 223 g/mol. The van der Waals surface area contributed by atoms with Crippen LogP contribution in [0.5, 0.6) is 0 Å². The third kappa shape index (κ3) is 2.70. The van der Waals surface area contributed by atoms with Crippen LogP contribution in [-0.2, 0) is 13.6 Å². The van der Waals surface area contributed by atoms with Crippen LogP contribution < -0.4 is 5.32 Å². The highest BCUT2D eigenvalue weighted by Crippen LogP contribution is 2.15. The van der Waals surface area contributed by atoms with Gasteiger partial charge in [0.1, 0.15) is 5.69 Å². The zero-order valence-electron chi connectivity index (χ0n) is 8.31. The van der Waals surface area contributed by atoms with E-state index in [-0.39, 0.29) is 0 Å². The van der Waals surface area contributed by atoms with Crippen LogP contribution in [0.4, 0.5) is 5.69 Å². The molecule has 78 valence electrons. The second-order valence-electron chi connectivity index (χ2n) is 3.25. The molecule has 1 aromatic carbocycles. The lowest BCUT2D eigenvalue weighted by atomic mass is 10.3. The summed E-state index contributed by atoms with van der Waals surface area (Å²) in [5, 5.41) is 11.8. The van der Waals surface area contributed by atoms with E-state index < -0.39 is 0 Å². The second-order valence-corrected chi connectivity index (χ2v) is 3.68. The lowest BCUT2D eigenvalue weighted by Crippen LogP contribution is -1.99. The highest BCUT2D eigenvalue weighted by molar-refractivity contribution is 6.30. The van der Waals surface area contributed by atoms with E-state index in [0.717, 1.165) is 16.4 Å². The van der Waals surface area contributed by atoms with Gasteiger partial charge in [-0.25, -0.2) is 0 Å². The molecule has 15 heavy (non-hydrogen) atoms. The summed E-state index contributed by atoms with van der Waals surface area (Å²) in [5.74, 6) is 0. The van der Waals surface area contributed by atoms with Crippen molar-refractivity contribution in [2.75, 3.05) is 5.32 Å². The Morgan fingerprint density at radius 1 is 1.47 bits per heavy atom. The third-order valence-corrected chi connectivity index (χ3v) is 2.18. The largest absolute Gasteiger partial charge is 0.379 e. The van der Waals surface area contributed by atoms with Crippen LogP contribution in [0, 0.1) is 0 Å². The summed E-state index contributed by atoms with van der Waals surface area (Å²) >= 11 is 5.86. The van der Waals surface area contributed by atoms with Crippen LogP contribution in [0.15, 0.2) is 30.5 Å². The van der Waals surface area contributed by atoms with E-state index in [2.05, 4.69) is 15.6 Å². The molecule has 0 spiro atoms. The molecule has 5 heteroatoms. The molecule has 1 N–H and O–H groups in total. The van der Waals surface area contributed by atoms with Gasteiger partial charge < -0.3 is 5.32 Å². The Balaban J connectivity index is 1.99. The number of halogens is 1. The van der Waals surface area contributed by atoms with E-state index in [1.54, 1.807) is 4.68 Å². The first-order valence-electron chi connectivity index (χ1n) is 4.59. The average Bonchev–Trinajstić information content (AvgIpc) is 2.62. The van der Waals surface area contributed by atoms with Gasteiger partial charge in [-0.1, -0.05) is 22.9 Å². The van der Waals surface area contributed by atoms with Gasteiger partial charge in [0.25, 0.3) is 0 Å². The van der Waals surface area contributed by atoms with Crippen LogP contribution in [0.3, 0.4) is 0 Å². The van der Waals surface area contributed by atoms with Crippen LogP contribution in [0.2, 0.25) is 5.02 Å². The van der Waals surface area contributed by atoms with Gasteiger partial charge in [-0.15, -0.1) is 5.10 Å². The number of rotatable bonds is 3. The fraction of sp³-hybridized carbons (Fsp3) is 0.200. The highest BCUT2D eigenvalue weighted by atomic mass is 35.5. The number of benzene rings is 1. The van der Waals surface area contributed by atoms with Crippen molar-refractivity contribution in [3.63, 3.8) is 0 Å². The molecule has 1 heterocycles. The maximum atomic E-state index is 5.86. The first kappa shape index (κ1) is 9.98. The fourth-order valence-corrected chi connectivity index (χ4v) is 1.46. The molecule has 2 rings (SSSR count). The standard InChI is InChI=1S/C10H11ClN4/c1-15-7-10(13-14-15)6-12-9-4-2-3-8(11)5-9/h2-5,7,12H,6H2,1H3. The molecule has 0 bridgehead atoms. The topological polar surface area (TPSA) is 42.7 Å². The quantitative estimate of drug-likeness (QED) is 0.865. The maximum Gasteiger partial charge on any atom is 0.102 e. The van der Waals surface area contributed by atoms with E-state index in [9.17, 15) is 0 Å². The first-order chi connectivity index (χ1) is 7.24. The number of hydrogen-bond acceptors (Lipinski definition) is 3. The zero-order valence-corrected chi connectivity index (χ0v) is 9.07. The predicted molar refractivity (Wildman–Crippen MR) is 59.8 cm³/mol. The third-order valence-electron chi connectivity index (χ3n) is 1.95. The van der Waals surface area contributed by atoms with Crippen LogP contribution >= 0.6 is 11.6 Å². The Bertz CT molecular complexity index is 452. The monoisotopic (exact) mass is 222 g/mol. The van der Waals surface area contributed by atoms with Crippen molar-refractivity contribution in [1.29, 1.82) is 0 Å². The molecule has 0 atom stereocenters. The smallest absolute Gasteiger partial charge is 0.102 e. The molecular formula is C10H11ClN4. The second kappa shape index (κ2) is 4.31. The number of anilines is 1. The summed E-state index contributed by atoms with van der Waals surface area (Å²) in [4.78, 5) is 0. The van der Waals surface area contributed by atoms with E-state index in [0.29, 0.717) is 6.54 Å². The van der Waals surface area contributed by atoms with Gasteiger partial charge in [-0.3, -0.25) is 4.68 Å². The molecule has 0 radical (unpaired) electrons. The first-order valence-corrected chi connectivity index (χ1v) is 4.96. The predicted octanol–water partition coefficient (Wildman–Crippen LogP) is 2.08. The summed E-state index contributed by atoms with van der Waals surface area (Å²) in [6, 6.07) is 7.58. The Hall–Kier alpha value is -1.55. The Labute approximate surface area is 92.9 Å². The summed E-state index contributed by atoms with van der Waals surface area (Å²) < 4.78 is 1.68. The molecular weight excluding hydrogens is 212 g/mol. The molecule has 1 aromatic heterocycles. The maximum absolute atomic E-state index is 5.86. The van der Waals surface area contributed by atoms with Gasteiger partial charge >= 0.3 is 0 Å². The lowest BCUT2D eigenvalue weighted by molar-refractivity contribution is 0.713. The van der Waals surface area contributed by atoms with Crippen LogP contribution in [0.1, 0.15) is 5.69 Å². The van der Waals surface area contributed by atoms with Gasteiger partial charge in [-0.2, -0.15) is 0 Å². The molecule has 0 aliphatic rings. The Morgan fingerprint density at radius 2 is 2.33 bits per heavy atom. The molecule has 0 aliphatic carbocycles. The van der Waals surface area contributed by atoms with Gasteiger partial charge in [0.2, 0.25) is 0 Å². The molecule has 0 aliphatic heterocycles. The summed E-state index contributed by atoms with van der Waals surface area (Å²) in [6.45, 7) is 0.647. The minimum Gasteiger partial charge on any atom is -0.379 e. The number of nitrogens with one attached hydrogen (secondary N) is 1. The normalized spacial score (nSPS) is 10.3. The van der Waals surface area contributed by atoms with Crippen molar-refractivity contribution >= 4 is 17.3 Å². The minimum absolute atomic E-state index is 0.647. The minimum atomic E-state index is 0.647. The van der Waals surface area contributed by atoms with E-state index >= 15 is 0 Å². The van der Waals surface area contributed by atoms with Crippen molar-refractivity contribution < 1.29 is 0 Å². The van der Waals surface area contributed by atoms with E-state index in [4.69, 9.17) is 11.6 Å². The molecule has 0 unspecified atom stereocenters. The molecule has 0 fully saturated rings. The van der Waals surface area contributed by atoms with Crippen molar-refractivity contribution in [3.05, 3.63) is 41.2 Å². The van der Waals surface area contributed by atoms with Crippen molar-refractivity contribution in [2.24, 2.45) is 7.05 Å². The number of hydrogen-bond donors (Lipinski definition) is 1. The summed E-state index contributed by atoms with van der Waals surface area (Å²) in [6.07, 6.45) is 1.87. The van der Waals surface area contributed by atoms with E-state index in [1.807, 2.05) is 37.5 Å². The van der Waals surface area contributed by atoms with Crippen molar-refractivity contribution in [1.82, 2.24) is 15.0 Å². The number of aromatic nitrogens is 3. The van der Waals surface area contributed by atoms with Gasteiger partial charge in [0.15, 0.2) is 0 Å². The number of aryl methyl sites for hydroxylation is 1. The number of nitrogens with zero attached hydrogens (tertiary/aromatic N) is 3. The SMILES string of the molecule is Cn1cc(CNc2cccc(Cl)c2)nn1. The highest BCUT2D eigenvalue weighted by Gasteiger charge is 1.98. The van der Waals surface area contributed by atoms with Crippen molar-refractivity contribution in [3.8, 4) is 0 Å². The molecule has 0 saturated heterocycles. The molecule has 4 nitrogen and oxygen atoms in total. The zero-order chi connectivity index (χ0) is 10.7. The molecule has 0 saturated carbocycles. The van der Waals surface area contributed by atoms with Gasteiger partial charge in [-0.05, 0) is 18.2 Å².